The second-order valence-corrected chi connectivity index (χ2v) is 8.19. The van der Waals surface area contributed by atoms with Crippen molar-refractivity contribution in [1.82, 2.24) is 19.8 Å². The summed E-state index contributed by atoms with van der Waals surface area (Å²) >= 11 is 2.09. The molecule has 0 aliphatic carbocycles. The van der Waals surface area contributed by atoms with Crippen LogP contribution >= 0.6 is 35.7 Å². The van der Waals surface area contributed by atoms with Gasteiger partial charge in [0, 0.05) is 37.7 Å². The molecule has 2 aromatic rings. The molecule has 3 rings (SSSR count). The first kappa shape index (κ1) is 21.3. The zero-order valence-electron chi connectivity index (χ0n) is 16.1. The Bertz CT molecular complexity index is 743. The molecule has 0 spiro atoms. The first-order chi connectivity index (χ1) is 12.1. The van der Waals surface area contributed by atoms with E-state index in [1.807, 2.05) is 6.07 Å². The summed E-state index contributed by atoms with van der Waals surface area (Å²) in [4.78, 5) is 12.0. The molecule has 1 N–H and O–H groups in total. The quantitative estimate of drug-likeness (QED) is 0.406. The Morgan fingerprint density at radius 1 is 1.38 bits per heavy atom. The SMILES string of the molecule is CCNC(=NCc1nc2ccccc2n1C)N1CCSC(C(C)C)C1.I. The topological polar surface area (TPSA) is 45.5 Å². The van der Waals surface area contributed by atoms with Crippen molar-refractivity contribution >= 4 is 52.7 Å². The van der Waals surface area contributed by atoms with Gasteiger partial charge in [0.15, 0.2) is 5.96 Å². The van der Waals surface area contributed by atoms with Crippen LogP contribution in [0.4, 0.5) is 0 Å². The number of nitrogens with one attached hydrogen (secondary N) is 1. The van der Waals surface area contributed by atoms with E-state index in [9.17, 15) is 0 Å². The van der Waals surface area contributed by atoms with Crippen molar-refractivity contribution in [2.75, 3.05) is 25.4 Å². The van der Waals surface area contributed by atoms with Crippen LogP contribution in [0, 0.1) is 5.92 Å². The second kappa shape index (κ2) is 9.82. The van der Waals surface area contributed by atoms with Crippen LogP contribution in [-0.4, -0.2) is 51.0 Å². The number of aliphatic imine (C=N–C) groups is 1. The normalized spacial score (nSPS) is 18.3. The number of hydrogen-bond acceptors (Lipinski definition) is 3. The standard InChI is InChI=1S/C19H29N5S.HI/c1-5-20-19(24-10-11-25-17(13-24)14(2)3)21-12-18-22-15-8-6-7-9-16(15)23(18)4;/h6-9,14,17H,5,10-13H2,1-4H3,(H,20,21);1H. The summed E-state index contributed by atoms with van der Waals surface area (Å²) in [5.41, 5.74) is 2.20. The summed E-state index contributed by atoms with van der Waals surface area (Å²) in [6.07, 6.45) is 0. The Balaban J connectivity index is 0.00000243. The highest BCUT2D eigenvalue weighted by molar-refractivity contribution is 14.0. The number of benzene rings is 1. The Labute approximate surface area is 178 Å². The van der Waals surface area contributed by atoms with Gasteiger partial charge in [-0.25, -0.2) is 9.98 Å². The molecule has 1 aliphatic heterocycles. The lowest BCUT2D eigenvalue weighted by atomic mass is 10.1. The average Bonchev–Trinajstić information content (AvgIpc) is 2.95. The molecule has 1 aromatic carbocycles. The number of thioether (sulfide) groups is 1. The summed E-state index contributed by atoms with van der Waals surface area (Å²) in [7, 11) is 2.07. The number of guanidine groups is 1. The van der Waals surface area contributed by atoms with Gasteiger partial charge < -0.3 is 14.8 Å². The maximum Gasteiger partial charge on any atom is 0.194 e. The van der Waals surface area contributed by atoms with Gasteiger partial charge in [-0.1, -0.05) is 26.0 Å². The Hall–Kier alpha value is -0.960. The predicted molar refractivity (Wildman–Crippen MR) is 124 cm³/mol. The van der Waals surface area contributed by atoms with Crippen LogP contribution in [0.1, 0.15) is 26.6 Å². The van der Waals surface area contributed by atoms with Gasteiger partial charge in [-0.15, -0.1) is 24.0 Å². The van der Waals surface area contributed by atoms with Crippen molar-refractivity contribution < 1.29 is 0 Å². The lowest BCUT2D eigenvalue weighted by Crippen LogP contribution is -2.49. The van der Waals surface area contributed by atoms with Crippen LogP contribution in [0.2, 0.25) is 0 Å². The number of imidazole rings is 1. The van der Waals surface area contributed by atoms with Crippen LogP contribution in [0.25, 0.3) is 11.0 Å². The summed E-state index contributed by atoms with van der Waals surface area (Å²) < 4.78 is 2.14. The smallest absolute Gasteiger partial charge is 0.194 e. The first-order valence-electron chi connectivity index (χ1n) is 9.15. The number of para-hydroxylation sites is 2. The minimum absolute atomic E-state index is 0. The monoisotopic (exact) mass is 487 g/mol. The zero-order valence-corrected chi connectivity index (χ0v) is 19.3. The van der Waals surface area contributed by atoms with E-state index in [0.29, 0.717) is 17.7 Å². The molecule has 1 atom stereocenters. The Morgan fingerprint density at radius 3 is 2.85 bits per heavy atom. The number of fused-ring (bicyclic) bond motifs is 1. The molecule has 1 aliphatic rings. The van der Waals surface area contributed by atoms with E-state index < -0.39 is 0 Å². The number of aromatic nitrogens is 2. The molecule has 2 heterocycles. The van der Waals surface area contributed by atoms with E-state index in [4.69, 9.17) is 9.98 Å². The van der Waals surface area contributed by atoms with Crippen LogP contribution in [0.3, 0.4) is 0 Å². The van der Waals surface area contributed by atoms with Crippen molar-refractivity contribution in [1.29, 1.82) is 0 Å². The van der Waals surface area contributed by atoms with Crippen molar-refractivity contribution in [3.05, 3.63) is 30.1 Å². The molecule has 0 saturated carbocycles. The van der Waals surface area contributed by atoms with Crippen LogP contribution in [0.5, 0.6) is 0 Å². The maximum absolute atomic E-state index is 4.90. The molecule has 0 amide bonds. The van der Waals surface area contributed by atoms with Crippen molar-refractivity contribution in [3.63, 3.8) is 0 Å². The van der Waals surface area contributed by atoms with Gasteiger partial charge >= 0.3 is 0 Å². The Morgan fingerprint density at radius 2 is 2.15 bits per heavy atom. The fraction of sp³-hybridized carbons (Fsp3) is 0.579. The zero-order chi connectivity index (χ0) is 17.8. The van der Waals surface area contributed by atoms with Gasteiger partial charge in [0.1, 0.15) is 12.4 Å². The van der Waals surface area contributed by atoms with Crippen molar-refractivity contribution in [3.8, 4) is 0 Å². The van der Waals surface area contributed by atoms with Gasteiger partial charge in [0.05, 0.1) is 11.0 Å². The third-order valence-corrected chi connectivity index (χ3v) is 6.26. The minimum atomic E-state index is 0. The molecule has 0 radical (unpaired) electrons. The fourth-order valence-corrected chi connectivity index (χ4v) is 4.48. The predicted octanol–water partition coefficient (Wildman–Crippen LogP) is 3.73. The number of hydrogen-bond donors (Lipinski definition) is 1. The molecule has 26 heavy (non-hydrogen) atoms. The van der Waals surface area contributed by atoms with Gasteiger partial charge in [0.25, 0.3) is 0 Å². The van der Waals surface area contributed by atoms with Crippen LogP contribution in [-0.2, 0) is 13.6 Å². The van der Waals surface area contributed by atoms with Gasteiger partial charge in [0.2, 0.25) is 0 Å². The molecule has 1 saturated heterocycles. The van der Waals surface area contributed by atoms with Crippen molar-refractivity contribution in [2.45, 2.75) is 32.6 Å². The molecular weight excluding hydrogens is 457 g/mol. The van der Waals surface area contributed by atoms with E-state index in [0.717, 1.165) is 42.5 Å². The number of halogens is 1. The van der Waals surface area contributed by atoms with E-state index in [1.165, 1.54) is 5.75 Å². The summed E-state index contributed by atoms with van der Waals surface area (Å²) in [5.74, 6) is 3.87. The van der Waals surface area contributed by atoms with Crippen molar-refractivity contribution in [2.24, 2.45) is 18.0 Å². The second-order valence-electron chi connectivity index (χ2n) is 6.85. The third-order valence-electron chi connectivity index (χ3n) is 4.72. The Kier molecular flexibility index (Phi) is 8.06. The molecular formula is C19H30IN5S. The van der Waals surface area contributed by atoms with Gasteiger partial charge in [-0.2, -0.15) is 11.8 Å². The molecule has 144 valence electrons. The van der Waals surface area contributed by atoms with E-state index >= 15 is 0 Å². The molecule has 5 nitrogen and oxygen atoms in total. The van der Waals surface area contributed by atoms with Gasteiger partial charge in [-0.05, 0) is 25.0 Å². The molecule has 1 aromatic heterocycles. The average molecular weight is 487 g/mol. The lowest BCUT2D eigenvalue weighted by molar-refractivity contribution is 0.380. The number of nitrogens with zero attached hydrogens (tertiary/aromatic N) is 4. The highest BCUT2D eigenvalue weighted by atomic mass is 127. The molecule has 7 heteroatoms. The van der Waals surface area contributed by atoms with E-state index in [1.54, 1.807) is 0 Å². The number of rotatable bonds is 4. The fourth-order valence-electron chi connectivity index (χ4n) is 3.18. The molecule has 1 unspecified atom stereocenters. The largest absolute Gasteiger partial charge is 0.357 e. The molecule has 0 bridgehead atoms. The summed E-state index contributed by atoms with van der Waals surface area (Å²) in [6.45, 7) is 10.4. The first-order valence-corrected chi connectivity index (χ1v) is 10.2. The van der Waals surface area contributed by atoms with E-state index in [-0.39, 0.29) is 24.0 Å². The summed E-state index contributed by atoms with van der Waals surface area (Å²) in [6, 6.07) is 8.25. The van der Waals surface area contributed by atoms with Gasteiger partial charge in [-0.3, -0.25) is 0 Å². The number of aryl methyl sites for hydroxylation is 1. The highest BCUT2D eigenvalue weighted by Gasteiger charge is 2.24. The maximum atomic E-state index is 4.90. The third kappa shape index (κ3) is 4.85. The summed E-state index contributed by atoms with van der Waals surface area (Å²) in [5, 5.41) is 4.14. The highest BCUT2D eigenvalue weighted by Crippen LogP contribution is 2.25. The van der Waals surface area contributed by atoms with E-state index in [2.05, 4.69) is 72.6 Å². The molecule has 1 fully saturated rings. The minimum Gasteiger partial charge on any atom is -0.357 e. The van der Waals surface area contributed by atoms with Crippen LogP contribution in [0.15, 0.2) is 29.3 Å². The lowest BCUT2D eigenvalue weighted by Gasteiger charge is -2.36. The van der Waals surface area contributed by atoms with Crippen LogP contribution < -0.4 is 5.32 Å².